The molecule has 5 nitrogen and oxygen atoms in total. The summed E-state index contributed by atoms with van der Waals surface area (Å²) in [5.74, 6) is -0.0368. The van der Waals surface area contributed by atoms with Gasteiger partial charge in [-0.05, 0) is 13.0 Å². The lowest BCUT2D eigenvalue weighted by Gasteiger charge is -2.01. The number of aryl methyl sites for hydroxylation is 1. The van der Waals surface area contributed by atoms with E-state index in [0.29, 0.717) is 17.8 Å². The molecule has 1 N–H and O–H groups in total. The van der Waals surface area contributed by atoms with E-state index in [1.54, 1.807) is 13.1 Å². The molecule has 2 aromatic heterocycles. The van der Waals surface area contributed by atoms with Crippen LogP contribution in [0.4, 0.5) is 5.69 Å². The molecule has 0 unspecified atom stereocenters. The Bertz CT molecular complexity index is 504. The minimum atomic E-state index is -0.0368. The van der Waals surface area contributed by atoms with Crippen molar-refractivity contribution >= 4 is 22.7 Å². The van der Waals surface area contributed by atoms with Crippen molar-refractivity contribution in [3.8, 4) is 0 Å². The SMILES string of the molecule is CCC(=O)Nc1cnc2onc(C)c2c1. The molecule has 0 radical (unpaired) electrons. The van der Waals surface area contributed by atoms with Gasteiger partial charge < -0.3 is 9.84 Å². The summed E-state index contributed by atoms with van der Waals surface area (Å²) in [5.41, 5.74) is 1.92. The van der Waals surface area contributed by atoms with Crippen molar-refractivity contribution in [3.05, 3.63) is 18.0 Å². The topological polar surface area (TPSA) is 68.0 Å². The van der Waals surface area contributed by atoms with Gasteiger partial charge in [-0.2, -0.15) is 0 Å². The van der Waals surface area contributed by atoms with Crippen LogP contribution in [0.1, 0.15) is 19.0 Å². The van der Waals surface area contributed by atoms with Crippen molar-refractivity contribution in [2.24, 2.45) is 0 Å². The molecule has 0 bridgehead atoms. The Morgan fingerprint density at radius 2 is 2.40 bits per heavy atom. The number of carbonyl (C=O) groups excluding carboxylic acids is 1. The summed E-state index contributed by atoms with van der Waals surface area (Å²) in [6.45, 7) is 3.63. The fourth-order valence-corrected chi connectivity index (χ4v) is 1.26. The van der Waals surface area contributed by atoms with Gasteiger partial charge in [0.2, 0.25) is 5.91 Å². The zero-order chi connectivity index (χ0) is 10.8. The highest BCUT2D eigenvalue weighted by Crippen LogP contribution is 2.19. The van der Waals surface area contributed by atoms with Crippen molar-refractivity contribution in [2.75, 3.05) is 5.32 Å². The van der Waals surface area contributed by atoms with Crippen LogP contribution in [0.5, 0.6) is 0 Å². The molecular weight excluding hydrogens is 194 g/mol. The van der Waals surface area contributed by atoms with E-state index in [1.807, 2.05) is 13.0 Å². The number of hydrogen-bond donors (Lipinski definition) is 1. The second-order valence-corrected chi connectivity index (χ2v) is 3.25. The first-order valence-electron chi connectivity index (χ1n) is 4.72. The van der Waals surface area contributed by atoms with Gasteiger partial charge in [0.25, 0.3) is 5.71 Å². The number of nitrogens with zero attached hydrogens (tertiary/aromatic N) is 2. The van der Waals surface area contributed by atoms with Crippen LogP contribution in [0, 0.1) is 6.92 Å². The quantitative estimate of drug-likeness (QED) is 0.812. The minimum Gasteiger partial charge on any atom is -0.336 e. The number of amides is 1. The van der Waals surface area contributed by atoms with Gasteiger partial charge in [-0.15, -0.1) is 0 Å². The third-order valence-corrected chi connectivity index (χ3v) is 2.11. The Morgan fingerprint density at radius 1 is 1.60 bits per heavy atom. The van der Waals surface area contributed by atoms with Crippen LogP contribution in [0.2, 0.25) is 0 Å². The number of pyridine rings is 1. The second kappa shape index (κ2) is 3.68. The average molecular weight is 205 g/mol. The molecule has 1 amide bonds. The first kappa shape index (κ1) is 9.64. The number of fused-ring (bicyclic) bond motifs is 1. The van der Waals surface area contributed by atoms with Crippen molar-refractivity contribution in [1.82, 2.24) is 10.1 Å². The Kier molecular flexibility index (Phi) is 2.37. The Balaban J connectivity index is 2.37. The van der Waals surface area contributed by atoms with E-state index in [2.05, 4.69) is 15.5 Å². The number of carbonyl (C=O) groups is 1. The van der Waals surface area contributed by atoms with Gasteiger partial charge in [0.15, 0.2) is 0 Å². The van der Waals surface area contributed by atoms with Gasteiger partial charge in [-0.1, -0.05) is 12.1 Å². The average Bonchev–Trinajstić information content (AvgIpc) is 2.60. The molecular formula is C10H11N3O2. The van der Waals surface area contributed by atoms with E-state index in [9.17, 15) is 4.79 Å². The molecule has 2 rings (SSSR count). The van der Waals surface area contributed by atoms with Crippen LogP contribution < -0.4 is 5.32 Å². The molecule has 0 fully saturated rings. The fraction of sp³-hybridized carbons (Fsp3) is 0.300. The summed E-state index contributed by atoms with van der Waals surface area (Å²) < 4.78 is 4.96. The molecule has 0 aromatic carbocycles. The minimum absolute atomic E-state index is 0.0368. The number of aromatic nitrogens is 2. The van der Waals surface area contributed by atoms with Crippen LogP contribution in [0.25, 0.3) is 11.1 Å². The molecule has 0 aliphatic rings. The predicted molar refractivity (Wildman–Crippen MR) is 55.5 cm³/mol. The molecule has 0 spiro atoms. The van der Waals surface area contributed by atoms with Crippen molar-refractivity contribution < 1.29 is 9.32 Å². The lowest BCUT2D eigenvalue weighted by atomic mass is 10.2. The standard InChI is InChI=1S/C10H11N3O2/c1-3-9(14)12-7-4-8-6(2)13-15-10(8)11-5-7/h4-5H,3H2,1-2H3,(H,12,14). The summed E-state index contributed by atoms with van der Waals surface area (Å²) >= 11 is 0. The Hall–Kier alpha value is -1.91. The van der Waals surface area contributed by atoms with Gasteiger partial charge in [-0.25, -0.2) is 4.98 Å². The van der Waals surface area contributed by atoms with Crippen LogP contribution in [-0.2, 0) is 4.79 Å². The zero-order valence-corrected chi connectivity index (χ0v) is 8.57. The zero-order valence-electron chi connectivity index (χ0n) is 8.57. The third-order valence-electron chi connectivity index (χ3n) is 2.11. The maximum absolute atomic E-state index is 11.2. The molecule has 78 valence electrons. The molecule has 0 atom stereocenters. The number of anilines is 1. The van der Waals surface area contributed by atoms with E-state index < -0.39 is 0 Å². The molecule has 2 aromatic rings. The number of rotatable bonds is 2. The molecule has 0 saturated carbocycles. The van der Waals surface area contributed by atoms with Crippen molar-refractivity contribution in [2.45, 2.75) is 20.3 Å². The van der Waals surface area contributed by atoms with Gasteiger partial charge in [0.05, 0.1) is 23.0 Å². The normalized spacial score (nSPS) is 10.5. The van der Waals surface area contributed by atoms with Crippen LogP contribution in [0.15, 0.2) is 16.8 Å². The second-order valence-electron chi connectivity index (χ2n) is 3.25. The Morgan fingerprint density at radius 3 is 3.13 bits per heavy atom. The largest absolute Gasteiger partial charge is 0.336 e. The monoisotopic (exact) mass is 205 g/mol. The fourth-order valence-electron chi connectivity index (χ4n) is 1.26. The summed E-state index contributed by atoms with van der Waals surface area (Å²) in [4.78, 5) is 15.2. The molecule has 2 heterocycles. The first-order valence-corrected chi connectivity index (χ1v) is 4.72. The molecule has 0 saturated heterocycles. The summed E-state index contributed by atoms with van der Waals surface area (Å²) in [6, 6.07) is 1.81. The first-order chi connectivity index (χ1) is 7.20. The highest BCUT2D eigenvalue weighted by molar-refractivity contribution is 5.92. The number of nitrogens with one attached hydrogen (secondary N) is 1. The molecule has 0 aliphatic carbocycles. The van der Waals surface area contributed by atoms with Crippen molar-refractivity contribution in [3.63, 3.8) is 0 Å². The molecule has 5 heteroatoms. The van der Waals surface area contributed by atoms with Crippen LogP contribution in [-0.4, -0.2) is 16.0 Å². The van der Waals surface area contributed by atoms with Crippen molar-refractivity contribution in [1.29, 1.82) is 0 Å². The van der Waals surface area contributed by atoms with Gasteiger partial charge in [-0.3, -0.25) is 4.79 Å². The summed E-state index contributed by atoms with van der Waals surface area (Å²) in [7, 11) is 0. The van der Waals surface area contributed by atoms with E-state index in [4.69, 9.17) is 4.52 Å². The highest BCUT2D eigenvalue weighted by atomic mass is 16.5. The highest BCUT2D eigenvalue weighted by Gasteiger charge is 2.07. The maximum Gasteiger partial charge on any atom is 0.258 e. The van der Waals surface area contributed by atoms with E-state index >= 15 is 0 Å². The predicted octanol–water partition coefficient (Wildman–Crippen LogP) is 1.88. The van der Waals surface area contributed by atoms with E-state index in [1.165, 1.54) is 0 Å². The van der Waals surface area contributed by atoms with Crippen LogP contribution in [0.3, 0.4) is 0 Å². The molecule has 15 heavy (non-hydrogen) atoms. The smallest absolute Gasteiger partial charge is 0.258 e. The summed E-state index contributed by atoms with van der Waals surface area (Å²) in [5, 5.41) is 7.34. The number of hydrogen-bond acceptors (Lipinski definition) is 4. The lowest BCUT2D eigenvalue weighted by molar-refractivity contribution is -0.115. The third kappa shape index (κ3) is 1.81. The van der Waals surface area contributed by atoms with Gasteiger partial charge in [0, 0.05) is 6.42 Å². The van der Waals surface area contributed by atoms with Crippen LogP contribution >= 0.6 is 0 Å². The van der Waals surface area contributed by atoms with E-state index in [0.717, 1.165) is 11.1 Å². The summed E-state index contributed by atoms with van der Waals surface area (Å²) in [6.07, 6.45) is 2.00. The lowest BCUT2D eigenvalue weighted by Crippen LogP contribution is -2.09. The Labute approximate surface area is 86.5 Å². The maximum atomic E-state index is 11.2. The van der Waals surface area contributed by atoms with Gasteiger partial charge in [0.1, 0.15) is 0 Å². The molecule has 0 aliphatic heterocycles. The van der Waals surface area contributed by atoms with Gasteiger partial charge >= 0.3 is 0 Å². The van der Waals surface area contributed by atoms with E-state index in [-0.39, 0.29) is 5.91 Å².